The molecule has 0 saturated heterocycles. The average Bonchev–Trinajstić information content (AvgIpc) is 2.96. The Hall–Kier alpha value is -2.92. The van der Waals surface area contributed by atoms with E-state index in [0.29, 0.717) is 22.7 Å². The zero-order valence-corrected chi connectivity index (χ0v) is 18.3. The fourth-order valence-electron chi connectivity index (χ4n) is 2.49. The highest BCUT2D eigenvalue weighted by Crippen LogP contribution is 2.18. The van der Waals surface area contributed by atoms with Gasteiger partial charge < -0.3 is 19.9 Å². The molecule has 0 bridgehead atoms. The van der Waals surface area contributed by atoms with E-state index in [9.17, 15) is 18.0 Å². The molecular weight excluding hydrogens is 412 g/mol. The van der Waals surface area contributed by atoms with Crippen LogP contribution >= 0.6 is 0 Å². The molecule has 1 aromatic carbocycles. The molecule has 2 rings (SSSR count). The third kappa shape index (κ3) is 6.56. The van der Waals surface area contributed by atoms with Gasteiger partial charge in [0.1, 0.15) is 16.9 Å². The molecule has 1 heterocycles. The van der Waals surface area contributed by atoms with Gasteiger partial charge >= 0.3 is 6.09 Å². The Kier molecular flexibility index (Phi) is 7.21. The molecule has 0 unspecified atom stereocenters. The molecule has 2 aromatic rings. The molecule has 0 saturated carbocycles. The molecule has 164 valence electrons. The van der Waals surface area contributed by atoms with Gasteiger partial charge in [0.25, 0.3) is 5.91 Å². The van der Waals surface area contributed by atoms with Gasteiger partial charge in [0.05, 0.1) is 10.6 Å². The number of rotatable bonds is 7. The fourth-order valence-corrected chi connectivity index (χ4v) is 3.57. The molecule has 0 aliphatic rings. The van der Waals surface area contributed by atoms with Crippen LogP contribution in [0.5, 0.6) is 0 Å². The van der Waals surface area contributed by atoms with Crippen molar-refractivity contribution in [3.05, 3.63) is 41.3 Å². The van der Waals surface area contributed by atoms with Gasteiger partial charge in [-0.1, -0.05) is 11.2 Å². The van der Waals surface area contributed by atoms with E-state index in [-0.39, 0.29) is 18.0 Å². The summed E-state index contributed by atoms with van der Waals surface area (Å²) in [7, 11) is -3.85. The lowest BCUT2D eigenvalue weighted by molar-refractivity contribution is 0.0528. The predicted octanol–water partition coefficient (Wildman–Crippen LogP) is 2.35. The summed E-state index contributed by atoms with van der Waals surface area (Å²) in [5.41, 5.74) is 0.398. The Labute approximate surface area is 175 Å². The third-order valence-corrected chi connectivity index (χ3v) is 5.21. The molecule has 30 heavy (non-hydrogen) atoms. The summed E-state index contributed by atoms with van der Waals surface area (Å²) in [6, 6.07) is 5.81. The predicted molar refractivity (Wildman–Crippen MR) is 110 cm³/mol. The maximum atomic E-state index is 12.5. The molecule has 0 aliphatic heterocycles. The SMILES string of the molecule is Cc1noc(C)c1C(=O)Nc1cccc(S(=O)(=O)NCCNC(=O)OC(C)(C)C)c1. The van der Waals surface area contributed by atoms with Crippen LogP contribution in [0, 0.1) is 13.8 Å². The smallest absolute Gasteiger partial charge is 0.407 e. The van der Waals surface area contributed by atoms with Gasteiger partial charge in [-0.25, -0.2) is 17.9 Å². The van der Waals surface area contributed by atoms with Crippen LogP contribution < -0.4 is 15.4 Å². The molecule has 2 amide bonds. The first-order chi connectivity index (χ1) is 13.9. The lowest BCUT2D eigenvalue weighted by Gasteiger charge is -2.19. The van der Waals surface area contributed by atoms with Crippen LogP contribution in [0.4, 0.5) is 10.5 Å². The van der Waals surface area contributed by atoms with Crippen molar-refractivity contribution in [3.63, 3.8) is 0 Å². The number of anilines is 1. The van der Waals surface area contributed by atoms with Crippen molar-refractivity contribution in [1.82, 2.24) is 15.2 Å². The van der Waals surface area contributed by atoms with Gasteiger partial charge in [0.2, 0.25) is 10.0 Å². The topological polar surface area (TPSA) is 140 Å². The standard InChI is InChI=1S/C19H26N4O6S/c1-12-16(13(2)29-23-12)17(24)22-14-7-6-8-15(11-14)30(26,27)21-10-9-20-18(25)28-19(3,4)5/h6-8,11,21H,9-10H2,1-5H3,(H,20,25)(H,22,24). The van der Waals surface area contributed by atoms with Crippen LogP contribution in [-0.4, -0.2) is 44.3 Å². The highest BCUT2D eigenvalue weighted by molar-refractivity contribution is 7.89. The minimum atomic E-state index is -3.85. The minimum Gasteiger partial charge on any atom is -0.444 e. The van der Waals surface area contributed by atoms with Crippen molar-refractivity contribution < 1.29 is 27.3 Å². The number of alkyl carbamates (subject to hydrolysis) is 1. The van der Waals surface area contributed by atoms with Crippen molar-refractivity contribution in [3.8, 4) is 0 Å². The summed E-state index contributed by atoms with van der Waals surface area (Å²) in [6.45, 7) is 8.46. The third-order valence-electron chi connectivity index (χ3n) is 3.75. The lowest BCUT2D eigenvalue weighted by atomic mass is 10.2. The maximum Gasteiger partial charge on any atom is 0.407 e. The Bertz CT molecular complexity index is 1000. The largest absolute Gasteiger partial charge is 0.444 e. The van der Waals surface area contributed by atoms with Gasteiger partial charge in [-0.2, -0.15) is 0 Å². The number of nitrogens with zero attached hydrogens (tertiary/aromatic N) is 1. The quantitative estimate of drug-likeness (QED) is 0.564. The zero-order chi connectivity index (χ0) is 22.5. The Morgan fingerprint density at radius 3 is 2.47 bits per heavy atom. The fraction of sp³-hybridized carbons (Fsp3) is 0.421. The molecule has 0 aliphatic carbocycles. The van der Waals surface area contributed by atoms with Crippen LogP contribution in [-0.2, 0) is 14.8 Å². The number of carbonyl (C=O) groups is 2. The Balaban J connectivity index is 1.97. The van der Waals surface area contributed by atoms with Crippen LogP contribution in [0.3, 0.4) is 0 Å². The van der Waals surface area contributed by atoms with E-state index < -0.39 is 27.6 Å². The number of carbonyl (C=O) groups excluding carboxylic acids is 2. The summed E-state index contributed by atoms with van der Waals surface area (Å²) >= 11 is 0. The van der Waals surface area contributed by atoms with Gasteiger partial charge in [-0.3, -0.25) is 4.79 Å². The highest BCUT2D eigenvalue weighted by Gasteiger charge is 2.20. The van der Waals surface area contributed by atoms with Crippen LogP contribution in [0.1, 0.15) is 42.6 Å². The summed E-state index contributed by atoms with van der Waals surface area (Å²) < 4.78 is 37.4. The first-order valence-corrected chi connectivity index (χ1v) is 10.7. The molecule has 1 aromatic heterocycles. The number of amides is 2. The summed E-state index contributed by atoms with van der Waals surface area (Å²) in [5, 5.41) is 8.83. The second kappa shape index (κ2) is 9.26. The van der Waals surface area contributed by atoms with Crippen molar-refractivity contribution in [2.24, 2.45) is 0 Å². The average molecular weight is 439 g/mol. The molecule has 0 spiro atoms. The van der Waals surface area contributed by atoms with Crippen molar-refractivity contribution in [2.75, 3.05) is 18.4 Å². The van der Waals surface area contributed by atoms with E-state index >= 15 is 0 Å². The van der Waals surface area contributed by atoms with Crippen LogP contribution in [0.25, 0.3) is 0 Å². The summed E-state index contributed by atoms with van der Waals surface area (Å²) in [4.78, 5) is 24.0. The normalized spacial score (nSPS) is 11.8. The maximum absolute atomic E-state index is 12.5. The number of sulfonamides is 1. The van der Waals surface area contributed by atoms with Crippen LogP contribution in [0.2, 0.25) is 0 Å². The second-order valence-electron chi connectivity index (χ2n) is 7.51. The number of ether oxygens (including phenoxy) is 1. The molecule has 0 atom stereocenters. The van der Waals surface area contributed by atoms with Crippen LogP contribution in [0.15, 0.2) is 33.7 Å². The molecule has 0 fully saturated rings. The monoisotopic (exact) mass is 438 g/mol. The summed E-state index contributed by atoms with van der Waals surface area (Å²) in [5.74, 6) is -0.0803. The molecular formula is C19H26N4O6S. The number of benzene rings is 1. The Morgan fingerprint density at radius 2 is 1.87 bits per heavy atom. The van der Waals surface area contributed by atoms with Crippen molar-refractivity contribution >= 4 is 27.7 Å². The van der Waals surface area contributed by atoms with E-state index in [0.717, 1.165) is 0 Å². The molecule has 11 heteroatoms. The van der Waals surface area contributed by atoms with Gasteiger partial charge in [-0.15, -0.1) is 0 Å². The number of aryl methyl sites for hydroxylation is 2. The van der Waals surface area contributed by atoms with Crippen molar-refractivity contribution in [1.29, 1.82) is 0 Å². The zero-order valence-electron chi connectivity index (χ0n) is 17.5. The Morgan fingerprint density at radius 1 is 1.17 bits per heavy atom. The van der Waals surface area contributed by atoms with Gasteiger partial charge in [-0.05, 0) is 52.8 Å². The van der Waals surface area contributed by atoms with Gasteiger partial charge in [0.15, 0.2) is 0 Å². The van der Waals surface area contributed by atoms with E-state index in [1.54, 1.807) is 40.7 Å². The molecule has 3 N–H and O–H groups in total. The highest BCUT2D eigenvalue weighted by atomic mass is 32.2. The second-order valence-corrected chi connectivity index (χ2v) is 9.27. The summed E-state index contributed by atoms with van der Waals surface area (Å²) in [6.07, 6.45) is -0.634. The number of hydrogen-bond donors (Lipinski definition) is 3. The van der Waals surface area contributed by atoms with Gasteiger partial charge in [0, 0.05) is 18.8 Å². The first-order valence-electron chi connectivity index (χ1n) is 9.20. The number of aromatic nitrogens is 1. The molecule has 0 radical (unpaired) electrons. The van der Waals surface area contributed by atoms with E-state index in [1.807, 2.05) is 0 Å². The number of hydrogen-bond acceptors (Lipinski definition) is 7. The lowest BCUT2D eigenvalue weighted by Crippen LogP contribution is -2.37. The molecule has 10 nitrogen and oxygen atoms in total. The van der Waals surface area contributed by atoms with Crippen molar-refractivity contribution in [2.45, 2.75) is 45.1 Å². The minimum absolute atomic E-state index is 0.0305. The first kappa shape index (κ1) is 23.4. The van der Waals surface area contributed by atoms with E-state index in [1.165, 1.54) is 18.2 Å². The number of nitrogens with one attached hydrogen (secondary N) is 3. The van der Waals surface area contributed by atoms with E-state index in [2.05, 4.69) is 20.5 Å². The van der Waals surface area contributed by atoms with E-state index in [4.69, 9.17) is 9.26 Å².